The quantitative estimate of drug-likeness (QED) is 0.871. The fourth-order valence-corrected chi connectivity index (χ4v) is 2.70. The van der Waals surface area contributed by atoms with Gasteiger partial charge in [0.25, 0.3) is 0 Å². The zero-order valence-corrected chi connectivity index (χ0v) is 11.6. The normalized spacial score (nSPS) is 24.3. The summed E-state index contributed by atoms with van der Waals surface area (Å²) < 4.78 is 11.2. The number of ether oxygens (including phenoxy) is 1. The van der Waals surface area contributed by atoms with E-state index in [4.69, 9.17) is 14.9 Å². The van der Waals surface area contributed by atoms with Crippen molar-refractivity contribution in [2.75, 3.05) is 20.2 Å². The highest BCUT2D eigenvalue weighted by Gasteiger charge is 2.33. The molecule has 2 heterocycles. The van der Waals surface area contributed by atoms with Gasteiger partial charge in [-0.05, 0) is 31.9 Å². The van der Waals surface area contributed by atoms with Crippen LogP contribution in [0.3, 0.4) is 0 Å². The fraction of sp³-hybridized carbons (Fsp3) is 0.714. The lowest BCUT2D eigenvalue weighted by molar-refractivity contribution is 0.0933. The maximum atomic E-state index is 6.28. The van der Waals surface area contributed by atoms with Gasteiger partial charge < -0.3 is 14.9 Å². The van der Waals surface area contributed by atoms with Crippen LogP contribution in [0.1, 0.15) is 37.3 Å². The Labute approximate surface area is 109 Å². The largest absolute Gasteiger partial charge is 0.465 e. The predicted octanol–water partition coefficient (Wildman–Crippen LogP) is 2.09. The molecule has 1 aliphatic rings. The van der Waals surface area contributed by atoms with E-state index in [1.807, 2.05) is 13.0 Å². The molecule has 0 aliphatic carbocycles. The molecule has 102 valence electrons. The van der Waals surface area contributed by atoms with Gasteiger partial charge in [-0.15, -0.1) is 0 Å². The van der Waals surface area contributed by atoms with Crippen LogP contribution in [0.5, 0.6) is 0 Å². The number of hydrogen-bond donors (Lipinski definition) is 1. The van der Waals surface area contributed by atoms with Crippen molar-refractivity contribution in [2.45, 2.75) is 44.9 Å². The van der Waals surface area contributed by atoms with Gasteiger partial charge in [-0.2, -0.15) is 0 Å². The van der Waals surface area contributed by atoms with Gasteiger partial charge >= 0.3 is 0 Å². The summed E-state index contributed by atoms with van der Waals surface area (Å²) >= 11 is 0. The smallest absolute Gasteiger partial charge is 0.122 e. The highest BCUT2D eigenvalue weighted by molar-refractivity contribution is 5.12. The maximum Gasteiger partial charge on any atom is 0.122 e. The van der Waals surface area contributed by atoms with Crippen molar-refractivity contribution in [2.24, 2.45) is 5.73 Å². The molecule has 1 saturated heterocycles. The lowest BCUT2D eigenvalue weighted by atomic mass is 10.0. The average Bonchev–Trinajstić information content (AvgIpc) is 2.99. The highest BCUT2D eigenvalue weighted by Crippen LogP contribution is 2.30. The molecular formula is C14H24N2O2. The van der Waals surface area contributed by atoms with E-state index in [9.17, 15) is 0 Å². The molecule has 18 heavy (non-hydrogen) atoms. The third-order valence-corrected chi connectivity index (χ3v) is 3.83. The Hall–Kier alpha value is -0.840. The first-order valence-electron chi connectivity index (χ1n) is 6.74. The Bertz CT molecular complexity index is 378. The van der Waals surface area contributed by atoms with Crippen molar-refractivity contribution in [3.63, 3.8) is 0 Å². The van der Waals surface area contributed by atoms with Crippen LogP contribution in [-0.4, -0.2) is 37.2 Å². The number of hydrogen-bond acceptors (Lipinski definition) is 4. The van der Waals surface area contributed by atoms with E-state index in [0.29, 0.717) is 6.10 Å². The molecule has 4 nitrogen and oxygen atoms in total. The molecule has 2 N–H and O–H groups in total. The van der Waals surface area contributed by atoms with Crippen LogP contribution >= 0.6 is 0 Å². The van der Waals surface area contributed by atoms with Crippen molar-refractivity contribution in [3.8, 4) is 0 Å². The summed E-state index contributed by atoms with van der Waals surface area (Å²) in [5, 5.41) is 0. The standard InChI is InChI=1S/C14H24N2O2/c1-4-12(15)14(13-6-5-10(2)18-13)16-8-7-11(9-16)17-3/h5-6,11-12,14H,4,7-9,15H2,1-3H3. The van der Waals surface area contributed by atoms with E-state index in [2.05, 4.69) is 17.9 Å². The van der Waals surface area contributed by atoms with Crippen LogP contribution in [0.15, 0.2) is 16.5 Å². The predicted molar refractivity (Wildman–Crippen MR) is 71.4 cm³/mol. The molecule has 0 spiro atoms. The third-order valence-electron chi connectivity index (χ3n) is 3.83. The van der Waals surface area contributed by atoms with Crippen molar-refractivity contribution in [3.05, 3.63) is 23.7 Å². The van der Waals surface area contributed by atoms with Gasteiger partial charge in [0.1, 0.15) is 11.5 Å². The SMILES string of the molecule is CCC(N)C(c1ccc(C)o1)N1CCC(OC)C1. The molecule has 4 heteroatoms. The summed E-state index contributed by atoms with van der Waals surface area (Å²) in [5.74, 6) is 1.93. The van der Waals surface area contributed by atoms with Crippen molar-refractivity contribution in [1.82, 2.24) is 4.90 Å². The number of likely N-dealkylation sites (tertiary alicyclic amines) is 1. The van der Waals surface area contributed by atoms with Crippen LogP contribution in [0.2, 0.25) is 0 Å². The van der Waals surface area contributed by atoms with Gasteiger partial charge in [0, 0.05) is 26.2 Å². The van der Waals surface area contributed by atoms with Gasteiger partial charge in [0.05, 0.1) is 12.1 Å². The number of nitrogens with two attached hydrogens (primary N) is 1. The first-order chi connectivity index (χ1) is 8.65. The summed E-state index contributed by atoms with van der Waals surface area (Å²) in [6.45, 7) is 6.06. The highest BCUT2D eigenvalue weighted by atomic mass is 16.5. The van der Waals surface area contributed by atoms with Gasteiger partial charge in [-0.1, -0.05) is 6.92 Å². The molecule has 0 saturated carbocycles. The second kappa shape index (κ2) is 5.87. The lowest BCUT2D eigenvalue weighted by Gasteiger charge is -2.30. The minimum atomic E-state index is 0.103. The molecule has 3 unspecified atom stereocenters. The van der Waals surface area contributed by atoms with E-state index in [1.54, 1.807) is 7.11 Å². The second-order valence-corrected chi connectivity index (χ2v) is 5.11. The molecule has 0 amide bonds. The Morgan fingerprint density at radius 3 is 2.83 bits per heavy atom. The molecule has 0 aromatic carbocycles. The van der Waals surface area contributed by atoms with Gasteiger partial charge in [-0.3, -0.25) is 4.90 Å². The molecule has 1 fully saturated rings. The number of rotatable bonds is 5. The van der Waals surface area contributed by atoms with Crippen LogP contribution in [0.25, 0.3) is 0 Å². The van der Waals surface area contributed by atoms with Crippen LogP contribution in [0.4, 0.5) is 0 Å². The molecule has 0 radical (unpaired) electrons. The summed E-state index contributed by atoms with van der Waals surface area (Å²) in [6.07, 6.45) is 2.34. The van der Waals surface area contributed by atoms with Crippen LogP contribution in [0, 0.1) is 6.92 Å². The molecular weight excluding hydrogens is 228 g/mol. The van der Waals surface area contributed by atoms with E-state index < -0.39 is 0 Å². The Balaban J connectivity index is 2.16. The third kappa shape index (κ3) is 2.76. The summed E-state index contributed by atoms with van der Waals surface area (Å²) in [4.78, 5) is 2.39. The number of aryl methyl sites for hydroxylation is 1. The topological polar surface area (TPSA) is 51.6 Å². The van der Waals surface area contributed by atoms with Crippen LogP contribution < -0.4 is 5.73 Å². The zero-order chi connectivity index (χ0) is 13.1. The molecule has 0 bridgehead atoms. The summed E-state index contributed by atoms with van der Waals surface area (Å²) in [6, 6.07) is 4.33. The van der Waals surface area contributed by atoms with Crippen molar-refractivity contribution < 1.29 is 9.15 Å². The molecule has 1 aromatic heterocycles. The second-order valence-electron chi connectivity index (χ2n) is 5.11. The number of methoxy groups -OCH3 is 1. The fourth-order valence-electron chi connectivity index (χ4n) is 2.70. The summed E-state index contributed by atoms with van der Waals surface area (Å²) in [5.41, 5.74) is 6.28. The Morgan fingerprint density at radius 2 is 2.33 bits per heavy atom. The summed E-state index contributed by atoms with van der Waals surface area (Å²) in [7, 11) is 1.78. The van der Waals surface area contributed by atoms with E-state index in [1.165, 1.54) is 0 Å². The van der Waals surface area contributed by atoms with Gasteiger partial charge in [0.2, 0.25) is 0 Å². The minimum Gasteiger partial charge on any atom is -0.465 e. The van der Waals surface area contributed by atoms with E-state index in [0.717, 1.165) is 37.5 Å². The maximum absolute atomic E-state index is 6.28. The Morgan fingerprint density at radius 1 is 1.56 bits per heavy atom. The average molecular weight is 252 g/mol. The molecule has 1 aromatic rings. The van der Waals surface area contributed by atoms with E-state index in [-0.39, 0.29) is 12.1 Å². The van der Waals surface area contributed by atoms with Crippen LogP contribution in [-0.2, 0) is 4.74 Å². The van der Waals surface area contributed by atoms with Crippen molar-refractivity contribution in [1.29, 1.82) is 0 Å². The molecule has 2 rings (SSSR count). The first kappa shape index (κ1) is 13.6. The molecule has 3 atom stereocenters. The van der Waals surface area contributed by atoms with Crippen molar-refractivity contribution >= 4 is 0 Å². The monoisotopic (exact) mass is 252 g/mol. The number of furan rings is 1. The Kier molecular flexibility index (Phi) is 4.43. The first-order valence-corrected chi connectivity index (χ1v) is 6.74. The van der Waals surface area contributed by atoms with Gasteiger partial charge in [-0.25, -0.2) is 0 Å². The van der Waals surface area contributed by atoms with Gasteiger partial charge in [0.15, 0.2) is 0 Å². The zero-order valence-electron chi connectivity index (χ0n) is 11.6. The molecule has 1 aliphatic heterocycles. The lowest BCUT2D eigenvalue weighted by Crippen LogP contribution is -2.40. The number of nitrogens with zero attached hydrogens (tertiary/aromatic N) is 1. The minimum absolute atomic E-state index is 0.103. The van der Waals surface area contributed by atoms with E-state index >= 15 is 0 Å².